The maximum absolute atomic E-state index is 2.33. The van der Waals surface area contributed by atoms with Gasteiger partial charge >= 0.3 is 26.2 Å². The molecule has 0 aliphatic heterocycles. The minimum absolute atomic E-state index is 0. The van der Waals surface area contributed by atoms with E-state index in [1.165, 1.54) is 60.6 Å². The van der Waals surface area contributed by atoms with Gasteiger partial charge < -0.3 is 33.9 Å². The summed E-state index contributed by atoms with van der Waals surface area (Å²) in [6.07, 6.45) is 4.16. The summed E-state index contributed by atoms with van der Waals surface area (Å²) in [5, 5.41) is 6.63. The molecule has 2 heterocycles. The van der Waals surface area contributed by atoms with Crippen molar-refractivity contribution in [2.75, 3.05) is 0 Å². The van der Waals surface area contributed by atoms with Crippen molar-refractivity contribution in [3.05, 3.63) is 132 Å². The number of para-hydroxylation sites is 1. The third-order valence-electron chi connectivity index (χ3n) is 6.97. The van der Waals surface area contributed by atoms with Gasteiger partial charge in [-0.1, -0.05) is 42.8 Å². The van der Waals surface area contributed by atoms with Crippen LogP contribution >= 0.6 is 0 Å². The van der Waals surface area contributed by atoms with Gasteiger partial charge in [0, 0.05) is 23.5 Å². The van der Waals surface area contributed by atoms with Gasteiger partial charge in [-0.2, -0.15) is 0 Å². The van der Waals surface area contributed by atoms with Crippen LogP contribution in [0.4, 0.5) is 0 Å². The molecule has 5 heteroatoms. The van der Waals surface area contributed by atoms with Crippen LogP contribution in [0.1, 0.15) is 16.8 Å². The molecule has 0 fully saturated rings. The summed E-state index contributed by atoms with van der Waals surface area (Å²) in [7, 11) is 0. The fourth-order valence-corrected chi connectivity index (χ4v) is 5.13. The summed E-state index contributed by atoms with van der Waals surface area (Å²) in [5.41, 5.74) is 7.74. The average molecular weight is 615 g/mol. The van der Waals surface area contributed by atoms with Crippen LogP contribution < -0.4 is 24.8 Å². The van der Waals surface area contributed by atoms with Gasteiger partial charge in [-0.05, 0) is 49.5 Å². The third-order valence-corrected chi connectivity index (χ3v) is 6.97. The van der Waals surface area contributed by atoms with Gasteiger partial charge in [-0.15, -0.1) is 75.6 Å². The summed E-state index contributed by atoms with van der Waals surface area (Å²) >= 11 is 0. The molecule has 7 rings (SSSR count). The van der Waals surface area contributed by atoms with Crippen molar-refractivity contribution in [3.8, 4) is 11.4 Å². The molecule has 0 bridgehead atoms. The van der Waals surface area contributed by atoms with Crippen LogP contribution in [0.15, 0.2) is 116 Å². The molecule has 0 atom stereocenters. The van der Waals surface area contributed by atoms with E-state index in [2.05, 4.69) is 145 Å². The second-order valence-electron chi connectivity index (χ2n) is 9.35. The van der Waals surface area contributed by atoms with Gasteiger partial charge in [-0.25, -0.2) is 0 Å². The van der Waals surface area contributed by atoms with Gasteiger partial charge in [0.05, 0.1) is 5.52 Å². The monoisotopic (exact) mass is 612 g/mol. The predicted octanol–water partition coefficient (Wildman–Crippen LogP) is 2.78. The number of nitrogens with zero attached hydrogens (tertiary/aromatic N) is 2. The zero-order chi connectivity index (χ0) is 23.9. The van der Waals surface area contributed by atoms with Crippen LogP contribution in [-0.2, 0) is 26.2 Å². The van der Waals surface area contributed by atoms with Crippen LogP contribution in [-0.4, -0.2) is 9.13 Å². The number of hydrogen-bond donors (Lipinski definition) is 0. The summed E-state index contributed by atoms with van der Waals surface area (Å²) in [4.78, 5) is 0. The van der Waals surface area contributed by atoms with Crippen LogP contribution in [0, 0.1) is 20.8 Å². The van der Waals surface area contributed by atoms with Crippen LogP contribution in [0.25, 0.3) is 43.8 Å². The molecular weight excluding hydrogens is 587 g/mol. The molecular formula is C33H28Cl2N2Zr. The van der Waals surface area contributed by atoms with E-state index in [0.29, 0.717) is 0 Å². The van der Waals surface area contributed by atoms with Crippen molar-refractivity contribution in [3.63, 3.8) is 0 Å². The quantitative estimate of drug-likeness (QED) is 0.265. The number of benzene rings is 3. The van der Waals surface area contributed by atoms with Crippen molar-refractivity contribution >= 4 is 32.4 Å². The average Bonchev–Trinajstić information content (AvgIpc) is 3.65. The van der Waals surface area contributed by atoms with Gasteiger partial charge in [0.2, 0.25) is 0 Å². The molecule has 0 amide bonds. The van der Waals surface area contributed by atoms with E-state index in [1.807, 2.05) is 0 Å². The number of hydrogen-bond acceptors (Lipinski definition) is 0. The normalized spacial score (nSPS) is 10.4. The first kappa shape index (κ1) is 29.7. The van der Waals surface area contributed by atoms with Crippen molar-refractivity contribution in [2.45, 2.75) is 20.8 Å². The second-order valence-corrected chi connectivity index (χ2v) is 9.35. The van der Waals surface area contributed by atoms with Crippen molar-refractivity contribution in [1.82, 2.24) is 9.13 Å². The maximum atomic E-state index is 2.33. The van der Waals surface area contributed by atoms with Gasteiger partial charge in [0.15, 0.2) is 0 Å². The Morgan fingerprint density at radius 3 is 1.97 bits per heavy atom. The molecule has 2 aromatic heterocycles. The van der Waals surface area contributed by atoms with Gasteiger partial charge in [0.25, 0.3) is 0 Å². The predicted molar refractivity (Wildman–Crippen MR) is 149 cm³/mol. The molecule has 0 saturated heterocycles. The van der Waals surface area contributed by atoms with E-state index in [9.17, 15) is 0 Å². The fourth-order valence-electron chi connectivity index (χ4n) is 5.13. The number of rotatable bonds is 2. The van der Waals surface area contributed by atoms with Crippen LogP contribution in [0.3, 0.4) is 0 Å². The van der Waals surface area contributed by atoms with E-state index in [-0.39, 0.29) is 51.0 Å². The smallest absolute Gasteiger partial charge is 1.00 e. The van der Waals surface area contributed by atoms with E-state index >= 15 is 0 Å². The Hall–Kier alpha value is -2.84. The Kier molecular flexibility index (Phi) is 9.66. The van der Waals surface area contributed by atoms with Gasteiger partial charge in [0.1, 0.15) is 0 Å². The van der Waals surface area contributed by atoms with Crippen molar-refractivity contribution in [2.24, 2.45) is 0 Å². The second kappa shape index (κ2) is 12.3. The molecule has 0 unspecified atom stereocenters. The van der Waals surface area contributed by atoms with Crippen molar-refractivity contribution in [1.29, 1.82) is 0 Å². The van der Waals surface area contributed by atoms with Crippen molar-refractivity contribution < 1.29 is 51.0 Å². The molecule has 5 aromatic carbocycles. The number of fused-ring (bicyclic) bond motifs is 3. The fraction of sp³-hybridized carbons (Fsp3) is 0.0909. The first-order chi connectivity index (χ1) is 17.1. The Balaban J connectivity index is 0.000000198. The molecule has 0 spiro atoms. The zero-order valence-electron chi connectivity index (χ0n) is 21.6. The molecule has 7 aromatic rings. The van der Waals surface area contributed by atoms with E-state index in [1.54, 1.807) is 0 Å². The molecule has 0 radical (unpaired) electrons. The maximum Gasteiger partial charge on any atom is 4.00 e. The summed E-state index contributed by atoms with van der Waals surface area (Å²) in [5.74, 6) is 0. The number of aromatic nitrogens is 2. The van der Waals surface area contributed by atoms with Gasteiger partial charge in [-0.3, -0.25) is 0 Å². The molecule has 38 heavy (non-hydrogen) atoms. The summed E-state index contributed by atoms with van der Waals surface area (Å²) in [6, 6.07) is 36.8. The molecule has 0 saturated carbocycles. The summed E-state index contributed by atoms with van der Waals surface area (Å²) in [6.45, 7) is 6.50. The largest absolute Gasteiger partial charge is 4.00 e. The molecule has 0 aliphatic carbocycles. The Labute approximate surface area is 255 Å². The van der Waals surface area contributed by atoms with E-state index in [0.717, 1.165) is 0 Å². The van der Waals surface area contributed by atoms with E-state index < -0.39 is 0 Å². The van der Waals surface area contributed by atoms with Crippen LogP contribution in [0.2, 0.25) is 0 Å². The van der Waals surface area contributed by atoms with Crippen LogP contribution in [0.5, 0.6) is 0 Å². The number of aryl methyl sites for hydroxylation is 3. The minimum atomic E-state index is 0. The minimum Gasteiger partial charge on any atom is -1.00 e. The molecule has 188 valence electrons. The van der Waals surface area contributed by atoms with E-state index in [4.69, 9.17) is 0 Å². The molecule has 0 aliphatic rings. The Morgan fingerprint density at radius 1 is 0.605 bits per heavy atom. The first-order valence-electron chi connectivity index (χ1n) is 12.1. The third kappa shape index (κ3) is 5.47. The summed E-state index contributed by atoms with van der Waals surface area (Å²) < 4.78 is 4.48. The zero-order valence-corrected chi connectivity index (χ0v) is 25.6. The first-order valence-corrected chi connectivity index (χ1v) is 12.1. The molecule has 0 N–H and O–H groups in total. The number of halogens is 2. The SMILES string of the molecule is Cc1cc2ccccc2n1-c1cc2ccccc2[cH-]1.Cc1ccc(C)c2[cH-]c(-n3cccc3)cc12.[Cl-].[Cl-].[Zr+4]. The topological polar surface area (TPSA) is 9.86 Å². The standard InChI is InChI=1S/C18H14N.C15H14N.2ClH.Zr/c1-13-10-16-8-4-5-9-18(16)19(13)17-11-14-6-2-3-7-15(14)12-17;1-11-5-6-12(2)15-10-13(9-14(11)15)16-7-3-4-8-16;;;/h2-12H,1H3;3-10H,1-2H3;2*1H;/q2*-1;;;+4/p-2. The Bertz CT molecular complexity index is 1710. The molecule has 2 nitrogen and oxygen atoms in total. The Morgan fingerprint density at radius 2 is 1.26 bits per heavy atom.